The maximum Gasteiger partial charge on any atom is 0.225 e. The molecule has 2 saturated heterocycles. The minimum absolute atomic E-state index is 0.0876. The van der Waals surface area contributed by atoms with Crippen molar-refractivity contribution in [1.29, 1.82) is 0 Å². The van der Waals surface area contributed by atoms with Crippen LogP contribution in [0, 0.1) is 19.8 Å². The predicted octanol–water partition coefficient (Wildman–Crippen LogP) is 2.24. The van der Waals surface area contributed by atoms with E-state index in [0.29, 0.717) is 5.91 Å². The Hall–Kier alpha value is -3.49. The number of piperazine rings is 1. The molecular formula is C24H30N8O. The lowest BCUT2D eigenvalue weighted by Crippen LogP contribution is -2.52. The van der Waals surface area contributed by atoms with Gasteiger partial charge in [-0.05, 0) is 57.0 Å². The maximum absolute atomic E-state index is 13.1. The van der Waals surface area contributed by atoms with E-state index < -0.39 is 0 Å². The number of pyridine rings is 1. The first kappa shape index (κ1) is 21.4. The zero-order valence-electron chi connectivity index (χ0n) is 19.3. The summed E-state index contributed by atoms with van der Waals surface area (Å²) in [6, 6.07) is 11.9. The number of piperidine rings is 1. The van der Waals surface area contributed by atoms with E-state index in [2.05, 4.69) is 30.1 Å². The van der Waals surface area contributed by atoms with E-state index in [4.69, 9.17) is 0 Å². The molecule has 172 valence electrons. The van der Waals surface area contributed by atoms with Gasteiger partial charge in [-0.3, -0.25) is 4.79 Å². The fourth-order valence-corrected chi connectivity index (χ4v) is 4.77. The third kappa shape index (κ3) is 4.53. The fraction of sp³-hybridized carbons (Fsp3) is 0.458. The fourth-order valence-electron chi connectivity index (χ4n) is 4.77. The van der Waals surface area contributed by atoms with E-state index in [1.165, 1.54) is 0 Å². The number of rotatable bonds is 4. The van der Waals surface area contributed by atoms with Gasteiger partial charge < -0.3 is 14.7 Å². The first-order valence-electron chi connectivity index (χ1n) is 11.7. The summed E-state index contributed by atoms with van der Waals surface area (Å²) < 4.78 is 1.81. The van der Waals surface area contributed by atoms with Crippen LogP contribution in [0.15, 0.2) is 42.6 Å². The Morgan fingerprint density at radius 3 is 2.15 bits per heavy atom. The van der Waals surface area contributed by atoms with Gasteiger partial charge in [-0.25, -0.2) is 9.67 Å². The van der Waals surface area contributed by atoms with Crippen LogP contribution in [0.5, 0.6) is 0 Å². The molecule has 0 spiro atoms. The quantitative estimate of drug-likeness (QED) is 0.608. The molecule has 0 N–H and O–H groups in total. The van der Waals surface area contributed by atoms with E-state index >= 15 is 0 Å². The molecule has 0 bridgehead atoms. The van der Waals surface area contributed by atoms with Gasteiger partial charge in [-0.1, -0.05) is 6.07 Å². The molecule has 0 aliphatic carbocycles. The topological polar surface area (TPSA) is 83.3 Å². The van der Waals surface area contributed by atoms with Crippen LogP contribution < -0.4 is 9.80 Å². The van der Waals surface area contributed by atoms with Gasteiger partial charge in [-0.15, -0.1) is 10.2 Å². The van der Waals surface area contributed by atoms with Crippen LogP contribution >= 0.6 is 0 Å². The number of carbonyl (C=O) groups is 1. The number of hydrogen-bond donors (Lipinski definition) is 0. The third-order valence-corrected chi connectivity index (χ3v) is 6.60. The molecule has 0 aromatic carbocycles. The Morgan fingerprint density at radius 1 is 0.848 bits per heavy atom. The Bertz CT molecular complexity index is 1080. The number of nitrogens with zero attached hydrogens (tertiary/aromatic N) is 8. The molecule has 2 aliphatic heterocycles. The molecule has 9 heteroatoms. The average molecular weight is 447 g/mol. The van der Waals surface area contributed by atoms with Gasteiger partial charge in [0.2, 0.25) is 5.91 Å². The number of anilines is 2. The summed E-state index contributed by atoms with van der Waals surface area (Å²) >= 11 is 0. The van der Waals surface area contributed by atoms with Gasteiger partial charge in [0.15, 0.2) is 11.6 Å². The summed E-state index contributed by atoms with van der Waals surface area (Å²) in [7, 11) is 0. The van der Waals surface area contributed by atoms with Gasteiger partial charge >= 0.3 is 0 Å². The monoisotopic (exact) mass is 446 g/mol. The van der Waals surface area contributed by atoms with Crippen molar-refractivity contribution in [3.05, 3.63) is 54.0 Å². The van der Waals surface area contributed by atoms with Crippen molar-refractivity contribution < 1.29 is 4.79 Å². The molecular weight excluding hydrogens is 416 g/mol. The second-order valence-corrected chi connectivity index (χ2v) is 8.85. The summed E-state index contributed by atoms with van der Waals surface area (Å²) in [5.41, 5.74) is 2.00. The number of aromatic nitrogens is 5. The molecule has 5 heterocycles. The highest BCUT2D eigenvalue weighted by atomic mass is 16.2. The van der Waals surface area contributed by atoms with Crippen molar-refractivity contribution in [2.24, 2.45) is 5.92 Å². The van der Waals surface area contributed by atoms with Crippen molar-refractivity contribution in [1.82, 2.24) is 29.9 Å². The lowest BCUT2D eigenvalue weighted by Gasteiger charge is -2.39. The van der Waals surface area contributed by atoms with E-state index in [-0.39, 0.29) is 5.92 Å². The minimum atomic E-state index is 0.0876. The molecule has 3 aromatic heterocycles. The standard InChI is InChI=1S/C24H30N8O/c1-18-17-19(2)32(28-18)23-7-6-22(26-27-23)29-11-8-20(9-12-29)24(33)31-15-13-30(14-16-31)21-5-3-4-10-25-21/h3-7,10,17,20H,8-9,11-16H2,1-2H3. The lowest BCUT2D eigenvalue weighted by molar-refractivity contribution is -0.136. The number of aryl methyl sites for hydroxylation is 2. The average Bonchev–Trinajstić information content (AvgIpc) is 3.22. The molecule has 9 nitrogen and oxygen atoms in total. The first-order valence-corrected chi connectivity index (χ1v) is 11.7. The molecule has 0 saturated carbocycles. The molecule has 33 heavy (non-hydrogen) atoms. The Morgan fingerprint density at radius 2 is 1.55 bits per heavy atom. The van der Waals surface area contributed by atoms with Gasteiger partial charge in [0, 0.05) is 57.1 Å². The molecule has 5 rings (SSSR count). The summed E-state index contributed by atoms with van der Waals surface area (Å²) in [4.78, 5) is 24.0. The second-order valence-electron chi connectivity index (χ2n) is 8.85. The van der Waals surface area contributed by atoms with E-state index in [1.807, 2.05) is 66.0 Å². The summed E-state index contributed by atoms with van der Waals surface area (Å²) in [6.07, 6.45) is 3.51. The third-order valence-electron chi connectivity index (χ3n) is 6.60. The Balaban J connectivity index is 1.13. The molecule has 0 radical (unpaired) electrons. The summed E-state index contributed by atoms with van der Waals surface area (Å²) in [5.74, 6) is 2.95. The smallest absolute Gasteiger partial charge is 0.225 e. The van der Waals surface area contributed by atoms with Crippen LogP contribution in [0.3, 0.4) is 0 Å². The second kappa shape index (κ2) is 9.17. The highest BCUT2D eigenvalue weighted by Crippen LogP contribution is 2.24. The molecule has 3 aromatic rings. The maximum atomic E-state index is 13.1. The van der Waals surface area contributed by atoms with Crippen LogP contribution in [0.1, 0.15) is 24.2 Å². The predicted molar refractivity (Wildman–Crippen MR) is 127 cm³/mol. The molecule has 2 fully saturated rings. The summed E-state index contributed by atoms with van der Waals surface area (Å²) in [6.45, 7) is 8.80. The number of amides is 1. The highest BCUT2D eigenvalue weighted by Gasteiger charge is 2.31. The van der Waals surface area contributed by atoms with Crippen LogP contribution in [0.2, 0.25) is 0 Å². The number of hydrogen-bond acceptors (Lipinski definition) is 7. The van der Waals surface area contributed by atoms with E-state index in [0.717, 1.165) is 81.0 Å². The van der Waals surface area contributed by atoms with Crippen LogP contribution in [-0.2, 0) is 4.79 Å². The van der Waals surface area contributed by atoms with Crippen molar-refractivity contribution in [2.75, 3.05) is 49.1 Å². The van der Waals surface area contributed by atoms with Crippen molar-refractivity contribution in [2.45, 2.75) is 26.7 Å². The van der Waals surface area contributed by atoms with E-state index in [1.54, 1.807) is 0 Å². The highest BCUT2D eigenvalue weighted by molar-refractivity contribution is 5.79. The Kier molecular flexibility index (Phi) is 5.93. The SMILES string of the molecule is Cc1cc(C)n(-c2ccc(N3CCC(C(=O)N4CCN(c5ccccn5)CC4)CC3)nn2)n1. The molecule has 2 aliphatic rings. The lowest BCUT2D eigenvalue weighted by atomic mass is 9.95. The molecule has 1 amide bonds. The van der Waals surface area contributed by atoms with Crippen molar-refractivity contribution in [3.63, 3.8) is 0 Å². The van der Waals surface area contributed by atoms with Gasteiger partial charge in [0.25, 0.3) is 0 Å². The molecule has 0 unspecified atom stereocenters. The largest absolute Gasteiger partial charge is 0.355 e. The van der Waals surface area contributed by atoms with Crippen molar-refractivity contribution >= 4 is 17.5 Å². The molecule has 0 atom stereocenters. The first-order chi connectivity index (χ1) is 16.1. The zero-order valence-corrected chi connectivity index (χ0v) is 19.3. The van der Waals surface area contributed by atoms with Gasteiger partial charge in [0.1, 0.15) is 5.82 Å². The van der Waals surface area contributed by atoms with Crippen molar-refractivity contribution in [3.8, 4) is 5.82 Å². The minimum Gasteiger partial charge on any atom is -0.355 e. The van der Waals surface area contributed by atoms with Gasteiger partial charge in [0.05, 0.1) is 5.69 Å². The Labute approximate surface area is 194 Å². The van der Waals surface area contributed by atoms with Crippen LogP contribution in [-0.4, -0.2) is 75.0 Å². The van der Waals surface area contributed by atoms with Crippen LogP contribution in [0.25, 0.3) is 5.82 Å². The summed E-state index contributed by atoms with van der Waals surface area (Å²) in [5, 5.41) is 13.3. The number of carbonyl (C=O) groups excluding carboxylic acids is 1. The van der Waals surface area contributed by atoms with E-state index in [9.17, 15) is 4.79 Å². The normalized spacial score (nSPS) is 17.5. The zero-order chi connectivity index (χ0) is 22.8. The van der Waals surface area contributed by atoms with Gasteiger partial charge in [-0.2, -0.15) is 5.10 Å². The van der Waals surface area contributed by atoms with Crippen LogP contribution in [0.4, 0.5) is 11.6 Å².